The van der Waals surface area contributed by atoms with Crippen LogP contribution in [0.4, 0.5) is 0 Å². The lowest BCUT2D eigenvalue weighted by Crippen LogP contribution is -2.51. The molecule has 0 amide bonds. The van der Waals surface area contributed by atoms with E-state index in [1.807, 2.05) is 19.1 Å². The van der Waals surface area contributed by atoms with E-state index in [-0.39, 0.29) is 17.5 Å². The SMILES string of the molecule is CCOc1cc(CN2CC(C)OC(C)(C)C2)cc(Br)c1O. The summed E-state index contributed by atoms with van der Waals surface area (Å²) in [6.07, 6.45) is 0.223. The molecule has 0 aromatic heterocycles. The van der Waals surface area contributed by atoms with Crippen LogP contribution in [0.25, 0.3) is 0 Å². The summed E-state index contributed by atoms with van der Waals surface area (Å²) in [5.74, 6) is 0.693. The van der Waals surface area contributed by atoms with Crippen molar-refractivity contribution in [3.63, 3.8) is 0 Å². The standard InChI is InChI=1S/C16H24BrNO3/c1-5-20-14-7-12(6-13(17)15(14)19)9-18-8-11(2)21-16(3,4)10-18/h6-7,11,19H,5,8-10H2,1-4H3. The molecule has 1 aliphatic rings. The molecule has 4 nitrogen and oxygen atoms in total. The molecule has 0 bridgehead atoms. The highest BCUT2D eigenvalue weighted by Gasteiger charge is 2.31. The number of benzene rings is 1. The highest BCUT2D eigenvalue weighted by atomic mass is 79.9. The predicted octanol–water partition coefficient (Wildman–Crippen LogP) is 3.55. The average Bonchev–Trinajstić information content (AvgIpc) is 2.33. The zero-order chi connectivity index (χ0) is 15.6. The van der Waals surface area contributed by atoms with Crippen molar-refractivity contribution < 1.29 is 14.6 Å². The van der Waals surface area contributed by atoms with Gasteiger partial charge in [0.25, 0.3) is 0 Å². The zero-order valence-electron chi connectivity index (χ0n) is 13.1. The van der Waals surface area contributed by atoms with Crippen molar-refractivity contribution in [2.24, 2.45) is 0 Å². The van der Waals surface area contributed by atoms with Gasteiger partial charge in [-0.3, -0.25) is 4.90 Å². The summed E-state index contributed by atoms with van der Waals surface area (Å²) in [5, 5.41) is 9.98. The van der Waals surface area contributed by atoms with Crippen molar-refractivity contribution in [2.45, 2.75) is 45.9 Å². The van der Waals surface area contributed by atoms with E-state index in [4.69, 9.17) is 9.47 Å². The van der Waals surface area contributed by atoms with E-state index in [0.717, 1.165) is 25.2 Å². The summed E-state index contributed by atoms with van der Waals surface area (Å²) < 4.78 is 12.1. The van der Waals surface area contributed by atoms with Crippen LogP contribution in [0.5, 0.6) is 11.5 Å². The van der Waals surface area contributed by atoms with Crippen molar-refractivity contribution in [2.75, 3.05) is 19.7 Å². The molecule has 0 spiro atoms. The normalized spacial score (nSPS) is 22.2. The number of hydrogen-bond acceptors (Lipinski definition) is 4. The minimum absolute atomic E-state index is 0.130. The van der Waals surface area contributed by atoms with Crippen LogP contribution in [-0.4, -0.2) is 41.4 Å². The van der Waals surface area contributed by atoms with E-state index in [9.17, 15) is 5.11 Å². The molecule has 1 heterocycles. The molecule has 1 aliphatic heterocycles. The van der Waals surface area contributed by atoms with Crippen molar-refractivity contribution >= 4 is 15.9 Å². The Morgan fingerprint density at radius 3 is 2.81 bits per heavy atom. The molecular weight excluding hydrogens is 334 g/mol. The number of rotatable bonds is 4. The van der Waals surface area contributed by atoms with Crippen molar-refractivity contribution in [1.82, 2.24) is 4.90 Å². The molecule has 1 aromatic rings. The van der Waals surface area contributed by atoms with E-state index in [2.05, 4.69) is 41.6 Å². The topological polar surface area (TPSA) is 41.9 Å². The first-order valence-electron chi connectivity index (χ1n) is 7.35. The molecule has 1 saturated heterocycles. The van der Waals surface area contributed by atoms with E-state index < -0.39 is 0 Å². The second kappa shape index (κ2) is 6.55. The van der Waals surface area contributed by atoms with E-state index in [1.165, 1.54) is 0 Å². The minimum Gasteiger partial charge on any atom is -0.503 e. The molecule has 1 aromatic carbocycles. The Morgan fingerprint density at radius 2 is 2.19 bits per heavy atom. The first-order valence-corrected chi connectivity index (χ1v) is 8.14. The summed E-state index contributed by atoms with van der Waals surface area (Å²) in [6.45, 7) is 11.4. The second-order valence-corrected chi connectivity index (χ2v) is 7.07. The Morgan fingerprint density at radius 1 is 1.48 bits per heavy atom. The van der Waals surface area contributed by atoms with Gasteiger partial charge in [-0.25, -0.2) is 0 Å². The molecular formula is C16H24BrNO3. The Hall–Kier alpha value is -0.780. The van der Waals surface area contributed by atoms with Crippen LogP contribution in [0.15, 0.2) is 16.6 Å². The van der Waals surface area contributed by atoms with E-state index >= 15 is 0 Å². The maximum atomic E-state index is 9.98. The molecule has 5 heteroatoms. The van der Waals surface area contributed by atoms with Crippen molar-refractivity contribution in [1.29, 1.82) is 0 Å². The molecule has 1 fully saturated rings. The van der Waals surface area contributed by atoms with Gasteiger partial charge in [0.05, 0.1) is 22.8 Å². The minimum atomic E-state index is -0.130. The van der Waals surface area contributed by atoms with Gasteiger partial charge in [0.1, 0.15) is 0 Å². The first-order chi connectivity index (χ1) is 9.80. The number of nitrogens with zero attached hydrogens (tertiary/aromatic N) is 1. The predicted molar refractivity (Wildman–Crippen MR) is 86.9 cm³/mol. The summed E-state index contributed by atoms with van der Waals surface area (Å²) in [4.78, 5) is 2.38. The lowest BCUT2D eigenvalue weighted by molar-refractivity contribution is -0.130. The van der Waals surface area contributed by atoms with E-state index in [0.29, 0.717) is 16.8 Å². The van der Waals surface area contributed by atoms with Gasteiger partial charge in [-0.05, 0) is 61.3 Å². The number of hydrogen-bond donors (Lipinski definition) is 1. The summed E-state index contributed by atoms with van der Waals surface area (Å²) in [6, 6.07) is 3.86. The van der Waals surface area contributed by atoms with Gasteiger partial charge >= 0.3 is 0 Å². The molecule has 0 radical (unpaired) electrons. The molecule has 1 unspecified atom stereocenters. The third-order valence-electron chi connectivity index (χ3n) is 3.43. The third-order valence-corrected chi connectivity index (χ3v) is 4.04. The van der Waals surface area contributed by atoms with Crippen LogP contribution in [0, 0.1) is 0 Å². The van der Waals surface area contributed by atoms with Crippen molar-refractivity contribution in [3.05, 3.63) is 22.2 Å². The molecule has 1 atom stereocenters. The van der Waals surface area contributed by atoms with Gasteiger partial charge in [0.2, 0.25) is 0 Å². The Kier molecular flexibility index (Phi) is 5.17. The van der Waals surface area contributed by atoms with E-state index in [1.54, 1.807) is 0 Å². The largest absolute Gasteiger partial charge is 0.503 e. The Labute approximate surface area is 135 Å². The average molecular weight is 358 g/mol. The zero-order valence-corrected chi connectivity index (χ0v) is 14.7. The lowest BCUT2D eigenvalue weighted by atomic mass is 10.0. The molecule has 21 heavy (non-hydrogen) atoms. The van der Waals surface area contributed by atoms with Crippen molar-refractivity contribution in [3.8, 4) is 11.5 Å². The maximum Gasteiger partial charge on any atom is 0.172 e. The first kappa shape index (κ1) is 16.6. The van der Waals surface area contributed by atoms with Gasteiger partial charge < -0.3 is 14.6 Å². The van der Waals surface area contributed by atoms with Crippen LogP contribution in [-0.2, 0) is 11.3 Å². The fraction of sp³-hybridized carbons (Fsp3) is 0.625. The molecule has 1 N–H and O–H groups in total. The van der Waals surface area contributed by atoms with Crippen LogP contribution in [0.3, 0.4) is 0 Å². The van der Waals surface area contributed by atoms with Gasteiger partial charge in [-0.1, -0.05) is 0 Å². The molecule has 0 saturated carbocycles. The fourth-order valence-electron chi connectivity index (χ4n) is 2.95. The fourth-order valence-corrected chi connectivity index (χ4v) is 3.44. The highest BCUT2D eigenvalue weighted by molar-refractivity contribution is 9.10. The smallest absolute Gasteiger partial charge is 0.172 e. The molecule has 0 aliphatic carbocycles. The lowest BCUT2D eigenvalue weighted by Gasteiger charge is -2.41. The number of phenols is 1. The van der Waals surface area contributed by atoms with Gasteiger partial charge in [0, 0.05) is 19.6 Å². The van der Waals surface area contributed by atoms with Gasteiger partial charge in [-0.2, -0.15) is 0 Å². The third kappa shape index (κ3) is 4.34. The monoisotopic (exact) mass is 357 g/mol. The van der Waals surface area contributed by atoms with Crippen LogP contribution >= 0.6 is 15.9 Å². The summed E-state index contributed by atoms with van der Waals surface area (Å²) in [5.41, 5.74) is 0.988. The maximum absolute atomic E-state index is 9.98. The summed E-state index contributed by atoms with van der Waals surface area (Å²) in [7, 11) is 0. The number of halogens is 1. The van der Waals surface area contributed by atoms with Crippen LogP contribution < -0.4 is 4.74 Å². The Bertz CT molecular complexity index is 505. The number of phenolic OH excluding ortho intramolecular Hbond substituents is 1. The Balaban J connectivity index is 2.15. The second-order valence-electron chi connectivity index (χ2n) is 6.22. The number of aromatic hydroxyl groups is 1. The molecule has 118 valence electrons. The van der Waals surface area contributed by atoms with Gasteiger partial charge in [0.15, 0.2) is 11.5 Å². The van der Waals surface area contributed by atoms with Crippen LogP contribution in [0.2, 0.25) is 0 Å². The quantitative estimate of drug-likeness (QED) is 0.894. The molecule has 2 rings (SSSR count). The summed E-state index contributed by atoms with van der Waals surface area (Å²) >= 11 is 3.39. The highest BCUT2D eigenvalue weighted by Crippen LogP contribution is 2.36. The number of morpholine rings is 1. The van der Waals surface area contributed by atoms with Crippen LogP contribution in [0.1, 0.15) is 33.3 Å². The van der Waals surface area contributed by atoms with Gasteiger partial charge in [-0.15, -0.1) is 0 Å². The number of ether oxygens (including phenoxy) is 2.